The monoisotopic (exact) mass is 292 g/mol. The van der Waals surface area contributed by atoms with Gasteiger partial charge in [-0.15, -0.1) is 0 Å². The van der Waals surface area contributed by atoms with Gasteiger partial charge in [-0.05, 0) is 18.1 Å². The van der Waals surface area contributed by atoms with Gasteiger partial charge in [0.15, 0.2) is 5.78 Å². The molecule has 1 aliphatic heterocycles. The lowest BCUT2D eigenvalue weighted by Crippen LogP contribution is -2.48. The average Bonchev–Trinajstić information content (AvgIpc) is 2.46. The lowest BCUT2D eigenvalue weighted by Gasteiger charge is -2.38. The second-order valence-corrected chi connectivity index (χ2v) is 5.57. The molecule has 0 N–H and O–H groups in total. The maximum Gasteiger partial charge on any atom is 0.302 e. The van der Waals surface area contributed by atoms with Crippen LogP contribution in [0.5, 0.6) is 11.5 Å². The van der Waals surface area contributed by atoms with Crippen molar-refractivity contribution in [3.8, 4) is 11.5 Å². The van der Waals surface area contributed by atoms with Crippen LogP contribution in [0.15, 0.2) is 18.2 Å². The number of benzene rings is 1. The molecule has 1 atom stereocenters. The molecule has 0 bridgehead atoms. The van der Waals surface area contributed by atoms with Crippen LogP contribution >= 0.6 is 0 Å². The average molecular weight is 292 g/mol. The van der Waals surface area contributed by atoms with Gasteiger partial charge in [-0.1, -0.05) is 13.8 Å². The molecule has 0 aromatic heterocycles. The minimum absolute atomic E-state index is 0.0143. The van der Waals surface area contributed by atoms with Crippen LogP contribution in [0.2, 0.25) is 0 Å². The highest BCUT2D eigenvalue weighted by Gasteiger charge is 2.47. The summed E-state index contributed by atoms with van der Waals surface area (Å²) < 4.78 is 16.0. The first kappa shape index (κ1) is 15.4. The van der Waals surface area contributed by atoms with E-state index in [1.807, 2.05) is 13.8 Å². The van der Waals surface area contributed by atoms with E-state index < -0.39 is 11.4 Å². The van der Waals surface area contributed by atoms with E-state index in [-0.39, 0.29) is 24.9 Å². The number of carbonyl (C=O) groups is 2. The molecule has 114 valence electrons. The molecule has 1 aliphatic rings. The van der Waals surface area contributed by atoms with E-state index in [1.165, 1.54) is 6.92 Å². The van der Waals surface area contributed by atoms with Gasteiger partial charge in [0.2, 0.25) is 0 Å². The maximum atomic E-state index is 12.9. The second-order valence-electron chi connectivity index (χ2n) is 5.57. The summed E-state index contributed by atoms with van der Waals surface area (Å²) in [6.07, 6.45) is 0. The predicted octanol–water partition coefficient (Wildman–Crippen LogP) is 2.48. The van der Waals surface area contributed by atoms with Crippen LogP contribution in [0.4, 0.5) is 0 Å². The molecule has 0 fully saturated rings. The molecule has 1 heterocycles. The third-order valence-electron chi connectivity index (χ3n) is 4.01. The van der Waals surface area contributed by atoms with Gasteiger partial charge in [-0.25, -0.2) is 0 Å². The number of Topliss-reactive ketones (excluding diaryl/α,β-unsaturated/α-hetero) is 1. The highest BCUT2D eigenvalue weighted by molar-refractivity contribution is 6.04. The van der Waals surface area contributed by atoms with Crippen molar-refractivity contribution in [2.24, 2.45) is 11.3 Å². The Bertz CT molecular complexity index is 564. The zero-order valence-corrected chi connectivity index (χ0v) is 12.8. The molecule has 0 amide bonds. The second kappa shape index (κ2) is 5.76. The largest absolute Gasteiger partial charge is 0.497 e. The highest BCUT2D eigenvalue weighted by atomic mass is 16.5. The molecule has 0 aliphatic carbocycles. The van der Waals surface area contributed by atoms with Gasteiger partial charge in [0.1, 0.15) is 30.1 Å². The summed E-state index contributed by atoms with van der Waals surface area (Å²) in [5, 5.41) is 0. The summed E-state index contributed by atoms with van der Waals surface area (Å²) in [5.41, 5.74) is -0.337. The maximum absolute atomic E-state index is 12.9. The van der Waals surface area contributed by atoms with Gasteiger partial charge < -0.3 is 14.2 Å². The van der Waals surface area contributed by atoms with Crippen LogP contribution in [0.3, 0.4) is 0 Å². The molecular formula is C16H20O5. The fraction of sp³-hybridized carbons (Fsp3) is 0.500. The minimum atomic E-state index is -0.840. The summed E-state index contributed by atoms with van der Waals surface area (Å²) in [4.78, 5) is 24.0. The molecule has 0 spiro atoms. The number of carbonyl (C=O) groups excluding carboxylic acids is 2. The Balaban J connectivity index is 2.37. The van der Waals surface area contributed by atoms with Gasteiger partial charge >= 0.3 is 5.97 Å². The van der Waals surface area contributed by atoms with E-state index >= 15 is 0 Å². The van der Waals surface area contributed by atoms with Gasteiger partial charge in [-0.3, -0.25) is 9.59 Å². The molecule has 0 radical (unpaired) electrons. The number of fused-ring (bicyclic) bond motifs is 1. The highest BCUT2D eigenvalue weighted by Crippen LogP contribution is 2.41. The predicted molar refractivity (Wildman–Crippen MR) is 76.7 cm³/mol. The van der Waals surface area contributed by atoms with Crippen LogP contribution in [0.1, 0.15) is 31.1 Å². The van der Waals surface area contributed by atoms with Crippen molar-refractivity contribution in [3.05, 3.63) is 23.8 Å². The fourth-order valence-electron chi connectivity index (χ4n) is 2.41. The Labute approximate surface area is 124 Å². The Morgan fingerprint density at radius 2 is 2.14 bits per heavy atom. The number of rotatable bonds is 4. The molecule has 1 aromatic carbocycles. The Morgan fingerprint density at radius 1 is 1.43 bits per heavy atom. The van der Waals surface area contributed by atoms with Crippen molar-refractivity contribution in [2.75, 3.05) is 20.3 Å². The summed E-state index contributed by atoms with van der Waals surface area (Å²) >= 11 is 0. The van der Waals surface area contributed by atoms with Crippen LogP contribution in [0, 0.1) is 11.3 Å². The van der Waals surface area contributed by atoms with Gasteiger partial charge in [0.25, 0.3) is 0 Å². The first-order chi connectivity index (χ1) is 9.90. The topological polar surface area (TPSA) is 61.8 Å². The summed E-state index contributed by atoms with van der Waals surface area (Å²) in [7, 11) is 1.56. The van der Waals surface area contributed by atoms with E-state index in [1.54, 1.807) is 25.3 Å². The molecule has 1 aromatic rings. The van der Waals surface area contributed by atoms with Crippen molar-refractivity contribution < 1.29 is 23.8 Å². The van der Waals surface area contributed by atoms with E-state index in [9.17, 15) is 9.59 Å². The minimum Gasteiger partial charge on any atom is -0.497 e. The molecule has 21 heavy (non-hydrogen) atoms. The smallest absolute Gasteiger partial charge is 0.302 e. The zero-order chi connectivity index (χ0) is 15.6. The quantitative estimate of drug-likeness (QED) is 0.798. The third kappa shape index (κ3) is 2.73. The summed E-state index contributed by atoms with van der Waals surface area (Å²) in [6.45, 7) is 5.42. The Morgan fingerprint density at radius 3 is 2.71 bits per heavy atom. The molecule has 1 unspecified atom stereocenters. The Hall–Kier alpha value is -2.04. The lowest BCUT2D eigenvalue weighted by atomic mass is 9.71. The van der Waals surface area contributed by atoms with Crippen molar-refractivity contribution in [3.63, 3.8) is 0 Å². The van der Waals surface area contributed by atoms with Gasteiger partial charge in [0.05, 0.1) is 12.7 Å². The molecule has 0 saturated heterocycles. The number of ether oxygens (including phenoxy) is 3. The van der Waals surface area contributed by atoms with Crippen LogP contribution in [-0.4, -0.2) is 32.1 Å². The van der Waals surface area contributed by atoms with E-state index in [0.29, 0.717) is 17.1 Å². The number of hydrogen-bond donors (Lipinski definition) is 0. The van der Waals surface area contributed by atoms with Gasteiger partial charge in [-0.2, -0.15) is 0 Å². The molecule has 2 rings (SSSR count). The first-order valence-electron chi connectivity index (χ1n) is 6.89. The van der Waals surface area contributed by atoms with Crippen molar-refractivity contribution in [1.29, 1.82) is 0 Å². The molecule has 5 nitrogen and oxygen atoms in total. The normalized spacial score (nSPS) is 20.7. The number of esters is 1. The molecular weight excluding hydrogens is 272 g/mol. The summed E-state index contributed by atoms with van der Waals surface area (Å²) in [5.74, 6) is 0.683. The summed E-state index contributed by atoms with van der Waals surface area (Å²) in [6, 6.07) is 5.12. The Kier molecular flexibility index (Phi) is 4.21. The SMILES string of the molecule is COc1ccc2c(c1)OCC(COC(C)=O)(C(C)C)C2=O. The van der Waals surface area contributed by atoms with E-state index in [2.05, 4.69) is 0 Å². The van der Waals surface area contributed by atoms with Crippen molar-refractivity contribution >= 4 is 11.8 Å². The van der Waals surface area contributed by atoms with E-state index in [4.69, 9.17) is 14.2 Å². The van der Waals surface area contributed by atoms with Crippen molar-refractivity contribution in [2.45, 2.75) is 20.8 Å². The lowest BCUT2D eigenvalue weighted by molar-refractivity contribution is -0.145. The van der Waals surface area contributed by atoms with Crippen molar-refractivity contribution in [1.82, 2.24) is 0 Å². The number of hydrogen-bond acceptors (Lipinski definition) is 5. The van der Waals surface area contributed by atoms with Crippen LogP contribution < -0.4 is 9.47 Å². The molecule has 5 heteroatoms. The first-order valence-corrected chi connectivity index (χ1v) is 6.89. The van der Waals surface area contributed by atoms with Crippen LogP contribution in [0.25, 0.3) is 0 Å². The van der Waals surface area contributed by atoms with E-state index in [0.717, 1.165) is 0 Å². The fourth-order valence-corrected chi connectivity index (χ4v) is 2.41. The number of methoxy groups -OCH3 is 1. The van der Waals surface area contributed by atoms with Gasteiger partial charge in [0, 0.05) is 13.0 Å². The molecule has 0 saturated carbocycles. The van der Waals surface area contributed by atoms with Crippen LogP contribution in [-0.2, 0) is 9.53 Å². The third-order valence-corrected chi connectivity index (χ3v) is 4.01. The standard InChI is InChI=1S/C16H20O5/c1-10(2)16(8-20-11(3)17)9-21-14-7-12(19-4)5-6-13(14)15(16)18/h5-7,10H,8-9H2,1-4H3. The number of ketones is 1. The zero-order valence-electron chi connectivity index (χ0n) is 12.8.